The number of carbonyl (C=O) groups excluding carboxylic acids is 1. The fraction of sp³-hybridized carbons (Fsp3) is 0.429. The van der Waals surface area contributed by atoms with Gasteiger partial charge in [-0.3, -0.25) is 4.79 Å². The van der Waals surface area contributed by atoms with E-state index in [-0.39, 0.29) is 10.7 Å². The molecule has 2 aromatic rings. The Bertz CT molecular complexity index is 993. The average molecular weight is 419 g/mol. The molecule has 0 N–H and O–H groups in total. The summed E-state index contributed by atoms with van der Waals surface area (Å²) >= 11 is 1.55. The summed E-state index contributed by atoms with van der Waals surface area (Å²) in [6.07, 6.45) is 3.28. The van der Waals surface area contributed by atoms with Crippen LogP contribution >= 0.6 is 11.8 Å². The maximum Gasteiger partial charge on any atom is 0.244 e. The van der Waals surface area contributed by atoms with Crippen LogP contribution in [0.15, 0.2) is 34.3 Å². The molecule has 1 saturated heterocycles. The summed E-state index contributed by atoms with van der Waals surface area (Å²) in [5.74, 6) is 0.763. The molecule has 0 radical (unpaired) electrons. The van der Waals surface area contributed by atoms with Gasteiger partial charge in [-0.2, -0.15) is 4.31 Å². The number of sulfonamides is 1. The number of aromatic nitrogens is 1. The van der Waals surface area contributed by atoms with E-state index in [0.717, 1.165) is 45.7 Å². The highest BCUT2D eigenvalue weighted by molar-refractivity contribution is 7.98. The van der Waals surface area contributed by atoms with E-state index < -0.39 is 10.0 Å². The zero-order valence-electron chi connectivity index (χ0n) is 16.8. The Hall–Kier alpha value is -1.70. The topological polar surface area (TPSA) is 67.3 Å². The van der Waals surface area contributed by atoms with Crippen LogP contribution in [0.25, 0.3) is 0 Å². The second kappa shape index (κ2) is 8.35. The average Bonchev–Trinajstić information content (AvgIpc) is 3.16. The molecule has 1 aromatic heterocycles. The molecule has 0 saturated carbocycles. The van der Waals surface area contributed by atoms with Gasteiger partial charge in [-0.05, 0) is 74.9 Å². The number of ketones is 1. The number of benzene rings is 1. The van der Waals surface area contributed by atoms with Crippen molar-refractivity contribution in [2.75, 3.05) is 13.1 Å². The standard InChI is InChI=1S/C21H26N2O3S2/c1-14-11-15(2)21(17(4)24)16(3)19(14)13-27-20-8-7-18(12-22-20)28(25,26)23-9-5-6-10-23/h7-8,11-12H,5-6,9-10,13H2,1-4H3. The summed E-state index contributed by atoms with van der Waals surface area (Å²) < 4.78 is 26.7. The molecule has 0 bridgehead atoms. The molecule has 0 unspecified atom stereocenters. The molecule has 1 aromatic carbocycles. The van der Waals surface area contributed by atoms with Crippen molar-refractivity contribution in [3.8, 4) is 0 Å². The van der Waals surface area contributed by atoms with Gasteiger partial charge in [0, 0.05) is 30.6 Å². The Morgan fingerprint density at radius 2 is 1.82 bits per heavy atom. The second-order valence-electron chi connectivity index (χ2n) is 7.28. The molecule has 7 heteroatoms. The minimum absolute atomic E-state index is 0.0795. The van der Waals surface area contributed by atoms with Crippen molar-refractivity contribution in [2.45, 2.75) is 56.2 Å². The summed E-state index contributed by atoms with van der Waals surface area (Å²) in [5, 5.41) is 0.768. The molecule has 1 aliphatic heterocycles. The normalized spacial score (nSPS) is 15.1. The number of nitrogens with zero attached hydrogens (tertiary/aromatic N) is 2. The molecule has 5 nitrogen and oxygen atoms in total. The Morgan fingerprint density at radius 3 is 2.39 bits per heavy atom. The molecule has 0 aliphatic carbocycles. The van der Waals surface area contributed by atoms with Crippen molar-refractivity contribution in [1.29, 1.82) is 0 Å². The van der Waals surface area contributed by atoms with E-state index in [1.54, 1.807) is 30.8 Å². The van der Waals surface area contributed by atoms with Crippen LogP contribution in [0.5, 0.6) is 0 Å². The molecule has 1 fully saturated rings. The lowest BCUT2D eigenvalue weighted by atomic mass is 9.92. The fourth-order valence-electron chi connectivity index (χ4n) is 3.82. The largest absolute Gasteiger partial charge is 0.294 e. The minimum Gasteiger partial charge on any atom is -0.294 e. The highest BCUT2D eigenvalue weighted by Gasteiger charge is 2.27. The third kappa shape index (κ3) is 4.16. The first-order chi connectivity index (χ1) is 13.2. The highest BCUT2D eigenvalue weighted by Crippen LogP contribution is 2.30. The number of Topliss-reactive ketones (excluding diaryl/α,β-unsaturated/α-hetero) is 1. The van der Waals surface area contributed by atoms with Crippen LogP contribution in [-0.2, 0) is 15.8 Å². The van der Waals surface area contributed by atoms with Gasteiger partial charge in [0.25, 0.3) is 0 Å². The lowest BCUT2D eigenvalue weighted by Crippen LogP contribution is -2.27. The van der Waals surface area contributed by atoms with Crippen LogP contribution in [0.1, 0.15) is 52.4 Å². The summed E-state index contributed by atoms with van der Waals surface area (Å²) in [7, 11) is -3.43. The van der Waals surface area contributed by atoms with E-state index in [9.17, 15) is 13.2 Å². The summed E-state index contributed by atoms with van der Waals surface area (Å²) in [5.41, 5.74) is 5.11. The van der Waals surface area contributed by atoms with Gasteiger partial charge in [0.05, 0.1) is 5.03 Å². The lowest BCUT2D eigenvalue weighted by Gasteiger charge is -2.16. The van der Waals surface area contributed by atoms with Crippen LogP contribution in [0, 0.1) is 20.8 Å². The number of thioether (sulfide) groups is 1. The molecular weight excluding hydrogens is 392 g/mol. The van der Waals surface area contributed by atoms with Crippen LogP contribution < -0.4 is 0 Å². The van der Waals surface area contributed by atoms with Gasteiger partial charge in [-0.25, -0.2) is 13.4 Å². The number of aryl methyl sites for hydroxylation is 2. The second-order valence-corrected chi connectivity index (χ2v) is 10.2. The van der Waals surface area contributed by atoms with E-state index in [1.807, 2.05) is 13.8 Å². The van der Waals surface area contributed by atoms with Gasteiger partial charge in [0.2, 0.25) is 10.0 Å². The van der Waals surface area contributed by atoms with E-state index >= 15 is 0 Å². The molecule has 3 rings (SSSR count). The van der Waals surface area contributed by atoms with Crippen molar-refractivity contribution >= 4 is 27.6 Å². The van der Waals surface area contributed by atoms with Gasteiger partial charge >= 0.3 is 0 Å². The van der Waals surface area contributed by atoms with E-state index in [2.05, 4.69) is 18.0 Å². The molecule has 150 valence electrons. The lowest BCUT2D eigenvalue weighted by molar-refractivity contribution is 0.101. The first kappa shape index (κ1) is 21.0. The summed E-state index contributed by atoms with van der Waals surface area (Å²) in [4.78, 5) is 16.6. The minimum atomic E-state index is -3.43. The molecule has 0 spiro atoms. The highest BCUT2D eigenvalue weighted by atomic mass is 32.2. The number of hydrogen-bond acceptors (Lipinski definition) is 5. The molecule has 0 amide bonds. The fourth-order valence-corrected chi connectivity index (χ4v) is 6.31. The molecular formula is C21H26N2O3S2. The van der Waals surface area contributed by atoms with Crippen LogP contribution in [0.4, 0.5) is 0 Å². The Morgan fingerprint density at radius 1 is 1.14 bits per heavy atom. The molecule has 28 heavy (non-hydrogen) atoms. The van der Waals surface area contributed by atoms with Crippen LogP contribution in [-0.4, -0.2) is 36.6 Å². The first-order valence-corrected chi connectivity index (χ1v) is 11.8. The SMILES string of the molecule is CC(=O)c1c(C)cc(C)c(CSc2ccc(S(=O)(=O)N3CCCC3)cn2)c1C. The van der Waals surface area contributed by atoms with Crippen molar-refractivity contribution in [3.63, 3.8) is 0 Å². The third-order valence-electron chi connectivity index (χ3n) is 5.26. The predicted molar refractivity (Wildman–Crippen MR) is 112 cm³/mol. The third-order valence-corrected chi connectivity index (χ3v) is 8.11. The zero-order chi connectivity index (χ0) is 20.5. The van der Waals surface area contributed by atoms with Gasteiger partial charge in [-0.1, -0.05) is 6.07 Å². The van der Waals surface area contributed by atoms with E-state index in [4.69, 9.17) is 0 Å². The van der Waals surface area contributed by atoms with Crippen LogP contribution in [0.3, 0.4) is 0 Å². The molecule has 1 aliphatic rings. The van der Waals surface area contributed by atoms with Gasteiger partial charge in [-0.15, -0.1) is 11.8 Å². The monoisotopic (exact) mass is 418 g/mol. The molecule has 2 heterocycles. The van der Waals surface area contributed by atoms with Gasteiger partial charge in [0.15, 0.2) is 5.78 Å². The molecule has 0 atom stereocenters. The quantitative estimate of drug-likeness (QED) is 0.517. The van der Waals surface area contributed by atoms with E-state index in [1.165, 1.54) is 10.5 Å². The Balaban J connectivity index is 1.77. The Labute approximate surface area is 171 Å². The predicted octanol–water partition coefficient (Wildman–Crippen LogP) is 4.29. The van der Waals surface area contributed by atoms with Crippen molar-refractivity contribution in [1.82, 2.24) is 9.29 Å². The number of hydrogen-bond donors (Lipinski definition) is 0. The summed E-state index contributed by atoms with van der Waals surface area (Å²) in [6, 6.07) is 5.45. The first-order valence-electron chi connectivity index (χ1n) is 9.41. The zero-order valence-corrected chi connectivity index (χ0v) is 18.4. The van der Waals surface area contributed by atoms with Crippen molar-refractivity contribution < 1.29 is 13.2 Å². The Kier molecular flexibility index (Phi) is 6.27. The van der Waals surface area contributed by atoms with E-state index in [0.29, 0.717) is 18.8 Å². The van der Waals surface area contributed by atoms with Gasteiger partial charge in [0.1, 0.15) is 4.90 Å². The van der Waals surface area contributed by atoms with Crippen LogP contribution in [0.2, 0.25) is 0 Å². The number of carbonyl (C=O) groups is 1. The summed E-state index contributed by atoms with van der Waals surface area (Å²) in [6.45, 7) is 8.79. The van der Waals surface area contributed by atoms with Crippen molar-refractivity contribution in [2.24, 2.45) is 0 Å². The maximum absolute atomic E-state index is 12.6. The number of pyridine rings is 1. The number of rotatable bonds is 6. The van der Waals surface area contributed by atoms with Crippen molar-refractivity contribution in [3.05, 3.63) is 52.2 Å². The van der Waals surface area contributed by atoms with Gasteiger partial charge < -0.3 is 0 Å². The maximum atomic E-state index is 12.6. The smallest absolute Gasteiger partial charge is 0.244 e.